The van der Waals surface area contributed by atoms with Crippen LogP contribution in [0.4, 0.5) is 0 Å². The van der Waals surface area contributed by atoms with Crippen LogP contribution in [0.5, 0.6) is 0 Å². The van der Waals surface area contributed by atoms with Gasteiger partial charge < -0.3 is 4.42 Å². The van der Waals surface area contributed by atoms with E-state index in [2.05, 4.69) is 30.1 Å². The van der Waals surface area contributed by atoms with Crippen molar-refractivity contribution >= 4 is 23.1 Å². The summed E-state index contributed by atoms with van der Waals surface area (Å²) < 4.78 is 5.87. The van der Waals surface area contributed by atoms with Crippen LogP contribution in [0, 0.1) is 11.8 Å². The molecule has 0 unspecified atom stereocenters. The van der Waals surface area contributed by atoms with E-state index in [0.29, 0.717) is 0 Å². The van der Waals surface area contributed by atoms with Crippen molar-refractivity contribution in [2.75, 3.05) is 0 Å². The maximum Gasteiger partial charge on any atom is 0.135 e. The Morgan fingerprint density at radius 2 is 1.62 bits per heavy atom. The molecule has 1 nitrogen and oxygen atoms in total. The molecule has 1 heteroatoms. The van der Waals surface area contributed by atoms with Gasteiger partial charge in [-0.2, -0.15) is 0 Å². The molecule has 21 heavy (non-hydrogen) atoms. The van der Waals surface area contributed by atoms with Gasteiger partial charge in [0.15, 0.2) is 0 Å². The van der Waals surface area contributed by atoms with Crippen molar-refractivity contribution in [1.82, 2.24) is 0 Å². The van der Waals surface area contributed by atoms with Crippen molar-refractivity contribution in [1.29, 1.82) is 0 Å². The Balaban J connectivity index is 1.84. The van der Waals surface area contributed by atoms with Gasteiger partial charge in [0.05, 0.1) is 0 Å². The zero-order valence-corrected chi connectivity index (χ0v) is 11.6. The largest absolute Gasteiger partial charge is 0.456 e. The lowest BCUT2D eigenvalue weighted by molar-refractivity contribution is 0.572. The van der Waals surface area contributed by atoms with Crippen molar-refractivity contribution in [3.8, 4) is 11.8 Å². The van der Waals surface area contributed by atoms with E-state index < -0.39 is 0 Å². The molecule has 1 heterocycles. The number of benzene rings is 2. The third kappa shape index (κ3) is 2.26. The van der Waals surface area contributed by atoms with Gasteiger partial charge in [0.25, 0.3) is 0 Å². The molecule has 0 amide bonds. The molecule has 1 aliphatic carbocycles. The van der Waals surface area contributed by atoms with E-state index in [9.17, 15) is 0 Å². The lowest BCUT2D eigenvalue weighted by Crippen LogP contribution is -2.22. The Morgan fingerprint density at radius 1 is 0.810 bits per heavy atom. The van der Waals surface area contributed by atoms with Crippen molar-refractivity contribution in [2.45, 2.75) is 12.8 Å². The van der Waals surface area contributed by atoms with Gasteiger partial charge in [-0.3, -0.25) is 0 Å². The quantitative estimate of drug-likeness (QED) is 0.572. The number of hydrogen-bond acceptors (Lipinski definition) is 1. The molecule has 2 aromatic carbocycles. The standard InChI is InChI=1S/C20H14O/c1-2-6-15(7-3-1)10-11-16-12-13-20-18(14-16)17-8-4-5-9-19(17)21-20/h1-3,6-9,12-14H,4-5H2. The van der Waals surface area contributed by atoms with Crippen LogP contribution in [0.1, 0.15) is 24.0 Å². The maximum absolute atomic E-state index is 5.87. The Hall–Kier alpha value is -2.72. The summed E-state index contributed by atoms with van der Waals surface area (Å²) >= 11 is 0. The van der Waals surface area contributed by atoms with Gasteiger partial charge in [0, 0.05) is 21.7 Å². The minimum atomic E-state index is 0.944. The van der Waals surface area contributed by atoms with Crippen LogP contribution in [-0.2, 0) is 0 Å². The maximum atomic E-state index is 5.87. The second kappa shape index (κ2) is 5.00. The lowest BCUT2D eigenvalue weighted by Gasteiger charge is -1.93. The summed E-state index contributed by atoms with van der Waals surface area (Å²) in [4.78, 5) is 0. The van der Waals surface area contributed by atoms with Crippen LogP contribution in [0.2, 0.25) is 0 Å². The predicted octanol–water partition coefficient (Wildman–Crippen LogP) is 3.19. The molecule has 0 saturated carbocycles. The highest BCUT2D eigenvalue weighted by molar-refractivity contribution is 5.81. The first-order valence-corrected chi connectivity index (χ1v) is 7.20. The van der Waals surface area contributed by atoms with Gasteiger partial charge >= 0.3 is 0 Å². The topological polar surface area (TPSA) is 13.1 Å². The van der Waals surface area contributed by atoms with Gasteiger partial charge in [0.1, 0.15) is 11.0 Å². The molecule has 1 aliphatic rings. The number of rotatable bonds is 0. The number of hydrogen-bond donors (Lipinski definition) is 0. The Kier molecular flexibility index (Phi) is 2.87. The number of furan rings is 1. The van der Waals surface area contributed by atoms with E-state index in [1.165, 1.54) is 10.6 Å². The van der Waals surface area contributed by atoms with Crippen LogP contribution in [0.15, 0.2) is 52.9 Å². The van der Waals surface area contributed by atoms with E-state index in [0.717, 1.165) is 35.0 Å². The molecular weight excluding hydrogens is 256 g/mol. The van der Waals surface area contributed by atoms with Crippen LogP contribution >= 0.6 is 0 Å². The van der Waals surface area contributed by atoms with E-state index >= 15 is 0 Å². The van der Waals surface area contributed by atoms with Gasteiger partial charge in [-0.15, -0.1) is 0 Å². The molecule has 100 valence electrons. The third-order valence-electron chi connectivity index (χ3n) is 3.72. The van der Waals surface area contributed by atoms with Gasteiger partial charge in [0.2, 0.25) is 0 Å². The molecule has 0 aliphatic heterocycles. The van der Waals surface area contributed by atoms with E-state index in [-0.39, 0.29) is 0 Å². The summed E-state index contributed by atoms with van der Waals surface area (Å²) in [6.07, 6.45) is 6.58. The summed E-state index contributed by atoms with van der Waals surface area (Å²) in [5, 5.41) is 2.39. The van der Waals surface area contributed by atoms with E-state index in [1.54, 1.807) is 0 Å². The highest BCUT2D eigenvalue weighted by Gasteiger charge is 2.05. The van der Waals surface area contributed by atoms with Crippen LogP contribution in [-0.4, -0.2) is 0 Å². The van der Waals surface area contributed by atoms with Crippen molar-refractivity contribution < 1.29 is 4.42 Å². The molecule has 0 bridgehead atoms. The molecule has 3 aromatic rings. The molecule has 0 fully saturated rings. The SMILES string of the molecule is C(#Cc1ccc2oc3c(c2c1)=CCCC=3)c1ccccc1. The first-order valence-electron chi connectivity index (χ1n) is 7.20. The Labute approximate surface area is 123 Å². The minimum Gasteiger partial charge on any atom is -0.456 e. The minimum absolute atomic E-state index is 0.944. The van der Waals surface area contributed by atoms with Crippen LogP contribution in [0.3, 0.4) is 0 Å². The molecule has 0 atom stereocenters. The summed E-state index contributed by atoms with van der Waals surface area (Å²) in [5.41, 5.74) is 4.00. The lowest BCUT2D eigenvalue weighted by atomic mass is 10.1. The molecule has 0 radical (unpaired) electrons. The first-order chi connectivity index (χ1) is 10.4. The van der Waals surface area contributed by atoms with Gasteiger partial charge in [-0.05, 0) is 49.2 Å². The normalized spacial score (nSPS) is 12.8. The molecule has 0 N–H and O–H groups in total. The highest BCUT2D eigenvalue weighted by Crippen LogP contribution is 2.13. The van der Waals surface area contributed by atoms with E-state index in [4.69, 9.17) is 4.42 Å². The van der Waals surface area contributed by atoms with Crippen molar-refractivity contribution in [3.05, 3.63) is 70.3 Å². The molecule has 4 rings (SSSR count). The molecule has 0 saturated heterocycles. The molecule has 0 spiro atoms. The predicted molar refractivity (Wildman–Crippen MR) is 86.1 cm³/mol. The number of fused-ring (bicyclic) bond motifs is 3. The van der Waals surface area contributed by atoms with Gasteiger partial charge in [-0.1, -0.05) is 36.1 Å². The Bertz CT molecular complexity index is 979. The fourth-order valence-corrected chi connectivity index (χ4v) is 2.68. The fourth-order valence-electron chi connectivity index (χ4n) is 2.68. The van der Waals surface area contributed by atoms with Gasteiger partial charge in [-0.25, -0.2) is 0 Å². The zero-order chi connectivity index (χ0) is 14.1. The Morgan fingerprint density at radius 3 is 2.52 bits per heavy atom. The summed E-state index contributed by atoms with van der Waals surface area (Å²) in [7, 11) is 0. The van der Waals surface area contributed by atoms with Crippen LogP contribution < -0.4 is 10.6 Å². The second-order valence-corrected chi connectivity index (χ2v) is 5.19. The summed E-state index contributed by atoms with van der Waals surface area (Å²) in [6.45, 7) is 0. The average Bonchev–Trinajstić information content (AvgIpc) is 2.92. The van der Waals surface area contributed by atoms with Crippen molar-refractivity contribution in [3.63, 3.8) is 0 Å². The fraction of sp³-hybridized carbons (Fsp3) is 0.100. The highest BCUT2D eigenvalue weighted by atomic mass is 16.3. The van der Waals surface area contributed by atoms with E-state index in [1.807, 2.05) is 42.5 Å². The van der Waals surface area contributed by atoms with Crippen LogP contribution in [0.25, 0.3) is 23.1 Å². The smallest absolute Gasteiger partial charge is 0.135 e. The van der Waals surface area contributed by atoms with Crippen molar-refractivity contribution in [2.24, 2.45) is 0 Å². The summed E-state index contributed by atoms with van der Waals surface area (Å²) in [6, 6.07) is 16.2. The molecular formula is C20H14O. The average molecular weight is 270 g/mol. The monoisotopic (exact) mass is 270 g/mol. The second-order valence-electron chi connectivity index (χ2n) is 5.19. The molecule has 1 aromatic heterocycles. The summed E-state index contributed by atoms with van der Waals surface area (Å²) in [5.74, 6) is 6.43. The zero-order valence-electron chi connectivity index (χ0n) is 11.6. The third-order valence-corrected chi connectivity index (χ3v) is 3.72. The first kappa shape index (κ1) is 12.1.